The van der Waals surface area contributed by atoms with Crippen molar-refractivity contribution in [1.82, 2.24) is 4.90 Å². The number of ether oxygens (including phenoxy) is 2. The van der Waals surface area contributed by atoms with Crippen LogP contribution in [0.1, 0.15) is 41.3 Å². The summed E-state index contributed by atoms with van der Waals surface area (Å²) < 4.78 is 10.9. The molecule has 150 valence electrons. The first-order chi connectivity index (χ1) is 14.1. The first-order valence-electron chi connectivity index (χ1n) is 9.79. The van der Waals surface area contributed by atoms with E-state index < -0.39 is 0 Å². The summed E-state index contributed by atoms with van der Waals surface area (Å²) in [5.74, 6) is -0.0720. The lowest BCUT2D eigenvalue weighted by molar-refractivity contribution is -0.149. The smallest absolute Gasteiger partial charge is 0.310 e. The van der Waals surface area contributed by atoms with Gasteiger partial charge in [-0.3, -0.25) is 9.59 Å². The van der Waals surface area contributed by atoms with Crippen LogP contribution < -0.4 is 4.74 Å². The molecule has 1 aliphatic rings. The minimum Gasteiger partial charge on any atom is -0.489 e. The van der Waals surface area contributed by atoms with E-state index in [1.54, 1.807) is 42.2 Å². The van der Waals surface area contributed by atoms with Crippen LogP contribution in [0.3, 0.4) is 0 Å². The average molecular weight is 392 g/mol. The Morgan fingerprint density at radius 1 is 1.21 bits per heavy atom. The molecule has 1 atom stereocenters. The molecule has 1 saturated heterocycles. The highest BCUT2D eigenvalue weighted by molar-refractivity contribution is 5.95. The molecule has 1 heterocycles. The molecule has 0 unspecified atom stereocenters. The topological polar surface area (TPSA) is 79.6 Å². The molecule has 29 heavy (non-hydrogen) atoms. The highest BCUT2D eigenvalue weighted by Gasteiger charge is 2.29. The second-order valence-corrected chi connectivity index (χ2v) is 6.93. The molecule has 0 N–H and O–H groups in total. The lowest BCUT2D eigenvalue weighted by Gasteiger charge is -2.31. The zero-order chi connectivity index (χ0) is 20.6. The molecule has 0 spiro atoms. The summed E-state index contributed by atoms with van der Waals surface area (Å²) in [6, 6.07) is 16.4. The largest absolute Gasteiger partial charge is 0.489 e. The summed E-state index contributed by atoms with van der Waals surface area (Å²) >= 11 is 0. The second-order valence-electron chi connectivity index (χ2n) is 6.93. The van der Waals surface area contributed by atoms with Crippen molar-refractivity contribution in [2.24, 2.45) is 5.92 Å². The summed E-state index contributed by atoms with van der Waals surface area (Å²) in [6.45, 7) is 3.37. The molecule has 6 nitrogen and oxygen atoms in total. The van der Waals surface area contributed by atoms with Crippen LogP contribution in [0.5, 0.6) is 5.75 Å². The number of hydrogen-bond donors (Lipinski definition) is 0. The first-order valence-corrected chi connectivity index (χ1v) is 9.79. The van der Waals surface area contributed by atoms with E-state index in [4.69, 9.17) is 9.47 Å². The third kappa shape index (κ3) is 5.14. The van der Waals surface area contributed by atoms with Crippen LogP contribution >= 0.6 is 0 Å². The van der Waals surface area contributed by atoms with Gasteiger partial charge >= 0.3 is 5.97 Å². The summed E-state index contributed by atoms with van der Waals surface area (Å²) in [4.78, 5) is 26.7. The minimum atomic E-state index is -0.269. The van der Waals surface area contributed by atoms with Crippen molar-refractivity contribution in [3.05, 3.63) is 65.2 Å². The average Bonchev–Trinajstić information content (AvgIpc) is 2.77. The summed E-state index contributed by atoms with van der Waals surface area (Å²) in [7, 11) is 0. The molecule has 6 heteroatoms. The number of piperidine rings is 1. The number of amides is 1. The van der Waals surface area contributed by atoms with Crippen molar-refractivity contribution in [2.75, 3.05) is 19.7 Å². The van der Waals surface area contributed by atoms with Gasteiger partial charge in [-0.2, -0.15) is 5.26 Å². The van der Waals surface area contributed by atoms with Gasteiger partial charge in [0.1, 0.15) is 12.4 Å². The number of nitriles is 1. The zero-order valence-corrected chi connectivity index (χ0v) is 16.5. The Balaban J connectivity index is 1.66. The second kappa shape index (κ2) is 9.74. The minimum absolute atomic E-state index is 0.123. The van der Waals surface area contributed by atoms with Gasteiger partial charge in [-0.25, -0.2) is 0 Å². The molecular formula is C23H24N2O4. The maximum absolute atomic E-state index is 12.9. The van der Waals surface area contributed by atoms with Crippen LogP contribution in [0, 0.1) is 17.2 Å². The lowest BCUT2D eigenvalue weighted by atomic mass is 9.97. The third-order valence-corrected chi connectivity index (χ3v) is 4.94. The van der Waals surface area contributed by atoms with E-state index in [0.29, 0.717) is 36.6 Å². The highest BCUT2D eigenvalue weighted by atomic mass is 16.5. The van der Waals surface area contributed by atoms with Gasteiger partial charge in [0.25, 0.3) is 5.91 Å². The molecule has 2 aromatic rings. The molecule has 1 amide bonds. The molecular weight excluding hydrogens is 368 g/mol. The Kier molecular flexibility index (Phi) is 6.85. The van der Waals surface area contributed by atoms with Crippen LogP contribution in [0.4, 0.5) is 0 Å². The predicted molar refractivity (Wildman–Crippen MR) is 107 cm³/mol. The predicted octanol–water partition coefficient (Wildman–Crippen LogP) is 3.55. The number of carbonyl (C=O) groups is 2. The van der Waals surface area contributed by atoms with Crippen molar-refractivity contribution in [2.45, 2.75) is 26.4 Å². The Bertz CT molecular complexity index is 919. The van der Waals surface area contributed by atoms with Gasteiger partial charge in [-0.05, 0) is 44.0 Å². The number of carbonyl (C=O) groups excluding carboxylic acids is 2. The first kappa shape index (κ1) is 20.4. The van der Waals surface area contributed by atoms with Crippen molar-refractivity contribution >= 4 is 11.9 Å². The number of nitrogens with zero attached hydrogens (tertiary/aromatic N) is 2. The quantitative estimate of drug-likeness (QED) is 0.703. The van der Waals surface area contributed by atoms with E-state index in [2.05, 4.69) is 6.07 Å². The van der Waals surface area contributed by atoms with Gasteiger partial charge in [-0.15, -0.1) is 0 Å². The number of rotatable bonds is 6. The number of hydrogen-bond acceptors (Lipinski definition) is 5. The monoisotopic (exact) mass is 392 g/mol. The maximum Gasteiger partial charge on any atom is 0.310 e. The van der Waals surface area contributed by atoms with Crippen LogP contribution in [-0.2, 0) is 16.1 Å². The van der Waals surface area contributed by atoms with Gasteiger partial charge in [0.15, 0.2) is 0 Å². The summed E-state index contributed by atoms with van der Waals surface area (Å²) in [6.07, 6.45) is 1.51. The number of likely N-dealkylation sites (tertiary alicyclic amines) is 1. The molecule has 0 bridgehead atoms. The van der Waals surface area contributed by atoms with Crippen LogP contribution in [0.15, 0.2) is 48.5 Å². The normalized spacial score (nSPS) is 16.0. The van der Waals surface area contributed by atoms with Gasteiger partial charge in [0, 0.05) is 24.2 Å². The molecule has 1 aliphatic heterocycles. The molecule has 0 saturated carbocycles. The standard InChI is InChI=1S/C23H24N2O4/c1-2-28-23(27)19-10-6-12-25(15-19)22(26)17-9-5-11-21(13-17)29-16-20-8-4-3-7-18(20)14-24/h3-5,7-9,11,13,19H,2,6,10,12,15-16H2,1H3/t19-/m1/s1. The fraction of sp³-hybridized carbons (Fsp3) is 0.348. The van der Waals surface area contributed by atoms with Crippen molar-refractivity contribution in [3.63, 3.8) is 0 Å². The Labute approximate surface area is 170 Å². The van der Waals surface area contributed by atoms with Gasteiger partial charge in [-0.1, -0.05) is 24.3 Å². The fourth-order valence-corrected chi connectivity index (χ4v) is 3.43. The molecule has 1 fully saturated rings. The molecule has 0 aromatic heterocycles. The molecule has 3 rings (SSSR count). The van der Waals surface area contributed by atoms with Crippen molar-refractivity contribution in [1.29, 1.82) is 5.26 Å². The van der Waals surface area contributed by atoms with E-state index in [9.17, 15) is 14.9 Å². The number of benzene rings is 2. The highest BCUT2D eigenvalue weighted by Crippen LogP contribution is 2.22. The fourth-order valence-electron chi connectivity index (χ4n) is 3.43. The van der Waals surface area contributed by atoms with Crippen LogP contribution in [0.2, 0.25) is 0 Å². The van der Waals surface area contributed by atoms with Crippen molar-refractivity contribution in [3.8, 4) is 11.8 Å². The molecule has 2 aromatic carbocycles. The van der Waals surface area contributed by atoms with E-state index >= 15 is 0 Å². The third-order valence-electron chi connectivity index (χ3n) is 4.94. The van der Waals surface area contributed by atoms with Crippen LogP contribution in [0.25, 0.3) is 0 Å². The van der Waals surface area contributed by atoms with Gasteiger partial charge in [0.05, 0.1) is 24.2 Å². The zero-order valence-electron chi connectivity index (χ0n) is 16.5. The van der Waals surface area contributed by atoms with E-state index in [1.807, 2.05) is 18.2 Å². The Morgan fingerprint density at radius 3 is 2.83 bits per heavy atom. The Morgan fingerprint density at radius 2 is 2.03 bits per heavy atom. The van der Waals surface area contributed by atoms with Gasteiger partial charge < -0.3 is 14.4 Å². The number of esters is 1. The summed E-state index contributed by atoms with van der Waals surface area (Å²) in [5.41, 5.74) is 1.87. The Hall–Kier alpha value is -3.33. The van der Waals surface area contributed by atoms with Gasteiger partial charge in [0.2, 0.25) is 0 Å². The van der Waals surface area contributed by atoms with Crippen LogP contribution in [-0.4, -0.2) is 36.5 Å². The lowest BCUT2D eigenvalue weighted by Crippen LogP contribution is -2.42. The molecule has 0 aliphatic carbocycles. The SMILES string of the molecule is CCOC(=O)[C@@H]1CCCN(C(=O)c2cccc(OCc3ccccc3C#N)c2)C1. The van der Waals surface area contributed by atoms with E-state index in [-0.39, 0.29) is 24.4 Å². The van der Waals surface area contributed by atoms with E-state index in [0.717, 1.165) is 18.4 Å². The van der Waals surface area contributed by atoms with Crippen molar-refractivity contribution < 1.29 is 19.1 Å². The maximum atomic E-state index is 12.9. The molecule has 0 radical (unpaired) electrons. The van der Waals surface area contributed by atoms with E-state index in [1.165, 1.54) is 0 Å². The summed E-state index contributed by atoms with van der Waals surface area (Å²) in [5, 5.41) is 9.18.